The summed E-state index contributed by atoms with van der Waals surface area (Å²) >= 11 is 0. The maximum absolute atomic E-state index is 13.4. The van der Waals surface area contributed by atoms with Crippen molar-refractivity contribution in [3.05, 3.63) is 165 Å². The Kier molecular flexibility index (Phi) is 14.1. The SMILES string of the molecule is CN1CCNCC1.NC=O.O=C(Cc1ccccc1)Nc1ccc(/C=C/C2=CC=C(c3ccc([N+](=O)[O-])cc3)C2)cc1C(=O)c1ccccc1. The predicted octanol–water partition coefficient (Wildman–Crippen LogP) is 6.06. The van der Waals surface area contributed by atoms with E-state index in [0.29, 0.717) is 23.2 Å². The number of amides is 2. The van der Waals surface area contributed by atoms with Gasteiger partial charge in [-0.3, -0.25) is 24.5 Å². The first-order chi connectivity index (χ1) is 24.3. The summed E-state index contributed by atoms with van der Waals surface area (Å²) in [5.41, 5.74) is 10.5. The number of nitrogens with one attached hydrogen (secondary N) is 2. The normalized spacial score (nSPS) is 13.9. The van der Waals surface area contributed by atoms with Gasteiger partial charge in [-0.05, 0) is 65.6 Å². The molecule has 4 aromatic carbocycles. The van der Waals surface area contributed by atoms with Crippen LogP contribution in [0.4, 0.5) is 11.4 Å². The van der Waals surface area contributed by atoms with E-state index >= 15 is 0 Å². The topological polar surface area (TPSA) is 148 Å². The average Bonchev–Trinajstić information content (AvgIpc) is 3.62. The highest BCUT2D eigenvalue weighted by Crippen LogP contribution is 2.30. The van der Waals surface area contributed by atoms with Crippen molar-refractivity contribution >= 4 is 41.1 Å². The molecule has 256 valence electrons. The van der Waals surface area contributed by atoms with Crippen LogP contribution in [0.5, 0.6) is 0 Å². The van der Waals surface area contributed by atoms with Crippen molar-refractivity contribution in [3.8, 4) is 0 Å². The lowest BCUT2D eigenvalue weighted by atomic mass is 9.98. The molecule has 10 heteroatoms. The number of likely N-dealkylation sites (N-methyl/N-ethyl adjacent to an activating group) is 1. The van der Waals surface area contributed by atoms with E-state index in [1.807, 2.05) is 78.9 Å². The number of allylic oxidation sites excluding steroid dienone is 5. The zero-order valence-corrected chi connectivity index (χ0v) is 28.0. The maximum atomic E-state index is 13.4. The number of primary amides is 1. The highest BCUT2D eigenvalue weighted by atomic mass is 16.6. The van der Waals surface area contributed by atoms with Gasteiger partial charge in [0.05, 0.1) is 17.0 Å². The van der Waals surface area contributed by atoms with Crippen molar-refractivity contribution in [1.82, 2.24) is 10.2 Å². The molecule has 4 N–H and O–H groups in total. The molecule has 2 aliphatic rings. The molecule has 0 aromatic heterocycles. The number of nitrogens with two attached hydrogens (primary N) is 1. The van der Waals surface area contributed by atoms with E-state index < -0.39 is 4.92 Å². The third-order valence-corrected chi connectivity index (χ3v) is 7.98. The van der Waals surface area contributed by atoms with Crippen molar-refractivity contribution < 1.29 is 19.3 Å². The molecule has 0 atom stereocenters. The molecule has 0 radical (unpaired) electrons. The minimum atomic E-state index is -0.407. The number of rotatable bonds is 9. The molecular weight excluding hydrogens is 630 g/mol. The summed E-state index contributed by atoms with van der Waals surface area (Å²) in [7, 11) is 2.15. The molecule has 1 aliphatic heterocycles. The Morgan fingerprint density at radius 1 is 0.900 bits per heavy atom. The van der Waals surface area contributed by atoms with Crippen LogP contribution in [-0.2, 0) is 16.0 Å². The number of nitro benzene ring substituents is 1. The number of carbonyl (C=O) groups excluding carboxylic acids is 3. The fourth-order valence-corrected chi connectivity index (χ4v) is 5.32. The van der Waals surface area contributed by atoms with Crippen molar-refractivity contribution in [3.63, 3.8) is 0 Å². The number of hydrogen-bond acceptors (Lipinski definition) is 7. The van der Waals surface area contributed by atoms with Gasteiger partial charge in [0.1, 0.15) is 0 Å². The molecule has 4 aromatic rings. The standard InChI is InChI=1S/C34H26N2O4.C5H12N2.CH3NO/c37-33(23-24-7-3-1-4-8-24)35-32-20-14-26(22-31(32)34(38)28-9-5-2-6-10-28)12-11-25-13-15-29(21-25)27-16-18-30(19-17-27)36(39)40;1-7-4-2-6-3-5-7;2-1-3/h1-20,22H,21,23H2,(H,35,37);6H,2-5H2,1H3;1H,(H2,2,3)/b12-11+;;. The van der Waals surface area contributed by atoms with Gasteiger partial charge in [0.2, 0.25) is 12.3 Å². The first-order valence-electron chi connectivity index (χ1n) is 16.2. The second kappa shape index (κ2) is 19.1. The Labute approximate surface area is 292 Å². The maximum Gasteiger partial charge on any atom is 0.269 e. The van der Waals surface area contributed by atoms with E-state index in [9.17, 15) is 19.7 Å². The van der Waals surface area contributed by atoms with E-state index in [1.54, 1.807) is 36.4 Å². The molecule has 6 rings (SSSR count). The van der Waals surface area contributed by atoms with Crippen LogP contribution in [0.25, 0.3) is 11.6 Å². The summed E-state index contributed by atoms with van der Waals surface area (Å²) in [6, 6.07) is 30.4. The first kappa shape index (κ1) is 36.9. The highest BCUT2D eigenvalue weighted by Gasteiger charge is 2.17. The van der Waals surface area contributed by atoms with Crippen molar-refractivity contribution in [1.29, 1.82) is 0 Å². The molecule has 0 unspecified atom stereocenters. The monoisotopic (exact) mass is 671 g/mol. The van der Waals surface area contributed by atoms with Gasteiger partial charge >= 0.3 is 0 Å². The zero-order valence-electron chi connectivity index (χ0n) is 28.0. The number of piperazine rings is 1. The Balaban J connectivity index is 0.000000488. The van der Waals surface area contributed by atoms with Crippen LogP contribution >= 0.6 is 0 Å². The molecular formula is C40H41N5O5. The van der Waals surface area contributed by atoms with Crippen LogP contribution in [0.2, 0.25) is 0 Å². The molecule has 1 aliphatic carbocycles. The number of ketones is 1. The number of carbonyl (C=O) groups is 3. The quantitative estimate of drug-likeness (QED) is 0.0849. The molecule has 0 spiro atoms. The number of anilines is 1. The van der Waals surface area contributed by atoms with Crippen molar-refractivity contribution in [2.75, 3.05) is 38.5 Å². The number of hydrogen-bond donors (Lipinski definition) is 3. The third-order valence-electron chi connectivity index (χ3n) is 7.98. The van der Waals surface area contributed by atoms with Gasteiger partial charge in [-0.1, -0.05) is 91.0 Å². The van der Waals surface area contributed by atoms with Crippen LogP contribution in [0, 0.1) is 10.1 Å². The third kappa shape index (κ3) is 11.3. The predicted molar refractivity (Wildman–Crippen MR) is 199 cm³/mol. The second-order valence-electron chi connectivity index (χ2n) is 11.6. The zero-order chi connectivity index (χ0) is 35.7. The molecule has 1 fully saturated rings. The van der Waals surface area contributed by atoms with Crippen LogP contribution in [0.15, 0.2) is 127 Å². The summed E-state index contributed by atoms with van der Waals surface area (Å²) in [6.45, 7) is 4.74. The minimum absolute atomic E-state index is 0.0657. The van der Waals surface area contributed by atoms with Crippen LogP contribution < -0.4 is 16.4 Å². The fourth-order valence-electron chi connectivity index (χ4n) is 5.32. The Bertz CT molecular complexity index is 1850. The summed E-state index contributed by atoms with van der Waals surface area (Å²) in [5, 5.41) is 17.1. The Hall–Kier alpha value is -5.97. The van der Waals surface area contributed by atoms with Gasteiger partial charge < -0.3 is 21.3 Å². The molecule has 0 bridgehead atoms. The van der Waals surface area contributed by atoms with Crippen LogP contribution in [-0.4, -0.2) is 61.2 Å². The van der Waals surface area contributed by atoms with Gasteiger partial charge in [-0.15, -0.1) is 0 Å². The van der Waals surface area contributed by atoms with Gasteiger partial charge in [-0.2, -0.15) is 0 Å². The number of nitrogens with zero attached hydrogens (tertiary/aromatic N) is 2. The first-order valence-corrected chi connectivity index (χ1v) is 16.2. The lowest BCUT2D eigenvalue weighted by Crippen LogP contribution is -2.40. The van der Waals surface area contributed by atoms with Crippen molar-refractivity contribution in [2.24, 2.45) is 5.73 Å². The molecule has 1 heterocycles. The van der Waals surface area contributed by atoms with Gasteiger partial charge in [-0.25, -0.2) is 0 Å². The highest BCUT2D eigenvalue weighted by molar-refractivity contribution is 6.14. The Morgan fingerprint density at radius 3 is 2.14 bits per heavy atom. The molecule has 50 heavy (non-hydrogen) atoms. The Morgan fingerprint density at radius 2 is 1.54 bits per heavy atom. The van der Waals surface area contributed by atoms with Gasteiger partial charge in [0.15, 0.2) is 5.78 Å². The molecule has 2 amide bonds. The number of nitro groups is 1. The number of benzene rings is 4. The minimum Gasteiger partial charge on any atom is -0.372 e. The van der Waals surface area contributed by atoms with E-state index in [1.165, 1.54) is 25.2 Å². The summed E-state index contributed by atoms with van der Waals surface area (Å²) in [6.07, 6.45) is 9.11. The number of non-ortho nitro benzene ring substituents is 1. The lowest BCUT2D eigenvalue weighted by Gasteiger charge is -2.21. The average molecular weight is 672 g/mol. The summed E-state index contributed by atoms with van der Waals surface area (Å²) in [5.74, 6) is -0.370. The molecule has 1 saturated heterocycles. The largest absolute Gasteiger partial charge is 0.372 e. The van der Waals surface area contributed by atoms with E-state index in [-0.39, 0.29) is 30.2 Å². The summed E-state index contributed by atoms with van der Waals surface area (Å²) < 4.78 is 0. The summed E-state index contributed by atoms with van der Waals surface area (Å²) in [4.78, 5) is 47.7. The van der Waals surface area contributed by atoms with Gasteiger partial charge in [0, 0.05) is 49.4 Å². The van der Waals surface area contributed by atoms with E-state index in [2.05, 4.69) is 28.3 Å². The lowest BCUT2D eigenvalue weighted by molar-refractivity contribution is -0.384. The van der Waals surface area contributed by atoms with Crippen LogP contribution in [0.3, 0.4) is 0 Å². The smallest absolute Gasteiger partial charge is 0.269 e. The molecule has 10 nitrogen and oxygen atoms in total. The van der Waals surface area contributed by atoms with Crippen LogP contribution in [0.1, 0.15) is 39.0 Å². The van der Waals surface area contributed by atoms with Crippen molar-refractivity contribution in [2.45, 2.75) is 12.8 Å². The van der Waals surface area contributed by atoms with E-state index in [0.717, 1.165) is 40.9 Å². The molecule has 0 saturated carbocycles. The second-order valence-corrected chi connectivity index (χ2v) is 11.6. The van der Waals surface area contributed by atoms with Gasteiger partial charge in [0.25, 0.3) is 5.69 Å². The fraction of sp³-hybridized carbons (Fsp3) is 0.175. The van der Waals surface area contributed by atoms with E-state index in [4.69, 9.17) is 4.79 Å².